The molecule has 0 radical (unpaired) electrons. The van der Waals surface area contributed by atoms with Crippen LogP contribution in [0.1, 0.15) is 104 Å². The number of rotatable bonds is 3. The molecule has 2 saturated carbocycles. The van der Waals surface area contributed by atoms with Gasteiger partial charge in [0.2, 0.25) is 0 Å². The van der Waals surface area contributed by atoms with E-state index in [2.05, 4.69) is 25.4 Å². The van der Waals surface area contributed by atoms with Crippen molar-refractivity contribution in [3.05, 3.63) is 0 Å². The zero-order valence-electron chi connectivity index (χ0n) is 16.2. The summed E-state index contributed by atoms with van der Waals surface area (Å²) in [5, 5.41) is 0.550. The van der Waals surface area contributed by atoms with Gasteiger partial charge in [-0.05, 0) is 0 Å². The van der Waals surface area contributed by atoms with Gasteiger partial charge in [0, 0.05) is 0 Å². The van der Waals surface area contributed by atoms with Gasteiger partial charge in [-0.25, -0.2) is 0 Å². The molecule has 0 aromatic carbocycles. The molecule has 0 bridgehead atoms. The Morgan fingerprint density at radius 2 is 1.00 bits per heavy atom. The maximum absolute atomic E-state index is 3.18. The summed E-state index contributed by atoms with van der Waals surface area (Å²) in [6.45, 7) is 10.8. The molecule has 0 aromatic rings. The Bertz CT molecular complexity index is 309. The SMILES string of the molecule is CC(C)(C)[PH](C1CCCCC1)(C1CCCCC1)N1CCCCC1. The Hall–Kier alpha value is 0.390. The van der Waals surface area contributed by atoms with Gasteiger partial charge in [-0.15, -0.1) is 0 Å². The molecule has 0 spiro atoms. The second kappa shape index (κ2) is 7.74. The molecule has 2 aliphatic carbocycles. The topological polar surface area (TPSA) is 3.24 Å². The van der Waals surface area contributed by atoms with Crippen molar-refractivity contribution in [1.82, 2.24) is 4.67 Å². The van der Waals surface area contributed by atoms with Crippen molar-refractivity contribution in [2.75, 3.05) is 13.1 Å². The van der Waals surface area contributed by atoms with E-state index < -0.39 is 7.41 Å². The van der Waals surface area contributed by atoms with Crippen LogP contribution in [0.4, 0.5) is 0 Å². The molecule has 2 heteroatoms. The first-order valence-corrected chi connectivity index (χ1v) is 12.9. The summed E-state index contributed by atoms with van der Waals surface area (Å²) in [7, 11) is -1.46. The fraction of sp³-hybridized carbons (Fsp3) is 1.00. The first-order chi connectivity index (χ1) is 11.1. The van der Waals surface area contributed by atoms with Gasteiger partial charge < -0.3 is 0 Å². The van der Waals surface area contributed by atoms with Crippen molar-refractivity contribution >= 4 is 7.41 Å². The summed E-state index contributed by atoms with van der Waals surface area (Å²) >= 11 is 0. The minimum absolute atomic E-state index is 0.550. The summed E-state index contributed by atoms with van der Waals surface area (Å²) in [6.07, 6.45) is 19.8. The zero-order valence-corrected chi connectivity index (χ0v) is 17.2. The van der Waals surface area contributed by atoms with Gasteiger partial charge >= 0.3 is 146 Å². The molecule has 1 aliphatic heterocycles. The number of piperidine rings is 1. The molecule has 0 aromatic heterocycles. The molecule has 1 saturated heterocycles. The molecule has 1 heterocycles. The van der Waals surface area contributed by atoms with Gasteiger partial charge in [-0.1, -0.05) is 0 Å². The van der Waals surface area contributed by atoms with Gasteiger partial charge in [-0.2, -0.15) is 0 Å². The Kier molecular flexibility index (Phi) is 6.12. The second-order valence-electron chi connectivity index (χ2n) is 9.79. The van der Waals surface area contributed by atoms with E-state index in [1.807, 2.05) is 0 Å². The van der Waals surface area contributed by atoms with Crippen LogP contribution in [0.25, 0.3) is 0 Å². The van der Waals surface area contributed by atoms with E-state index in [1.165, 1.54) is 70.9 Å². The Balaban J connectivity index is 1.99. The van der Waals surface area contributed by atoms with Gasteiger partial charge in [0.1, 0.15) is 0 Å². The van der Waals surface area contributed by atoms with E-state index in [-0.39, 0.29) is 0 Å². The normalized spacial score (nSPS) is 28.0. The van der Waals surface area contributed by atoms with Crippen LogP contribution in [0, 0.1) is 0 Å². The van der Waals surface area contributed by atoms with Crippen molar-refractivity contribution in [2.24, 2.45) is 0 Å². The van der Waals surface area contributed by atoms with Crippen molar-refractivity contribution in [2.45, 2.75) is 121 Å². The zero-order chi connectivity index (χ0) is 16.3. The fourth-order valence-electron chi connectivity index (χ4n) is 6.90. The first kappa shape index (κ1) is 18.2. The van der Waals surface area contributed by atoms with Crippen LogP contribution in [0.5, 0.6) is 0 Å². The predicted octanol–water partition coefficient (Wildman–Crippen LogP) is 6.60. The van der Waals surface area contributed by atoms with Crippen LogP contribution in [-0.4, -0.2) is 34.2 Å². The Morgan fingerprint density at radius 1 is 0.609 bits per heavy atom. The Labute approximate surface area is 146 Å². The van der Waals surface area contributed by atoms with E-state index in [1.54, 1.807) is 25.7 Å². The summed E-state index contributed by atoms with van der Waals surface area (Å²) in [4.78, 5) is 0. The van der Waals surface area contributed by atoms with Gasteiger partial charge in [0.15, 0.2) is 0 Å². The fourth-order valence-corrected chi connectivity index (χ4v) is 15.6. The van der Waals surface area contributed by atoms with E-state index in [0.717, 1.165) is 11.3 Å². The van der Waals surface area contributed by atoms with Crippen molar-refractivity contribution in [3.63, 3.8) is 0 Å². The van der Waals surface area contributed by atoms with E-state index in [0.29, 0.717) is 5.16 Å². The molecule has 0 unspecified atom stereocenters. The summed E-state index contributed by atoms with van der Waals surface area (Å²) < 4.78 is 3.18. The van der Waals surface area contributed by atoms with Crippen LogP contribution in [-0.2, 0) is 0 Å². The van der Waals surface area contributed by atoms with Crippen LogP contribution >= 0.6 is 7.41 Å². The molecule has 0 amide bonds. The van der Waals surface area contributed by atoms with Crippen LogP contribution < -0.4 is 0 Å². The maximum atomic E-state index is 3.18. The Morgan fingerprint density at radius 3 is 1.39 bits per heavy atom. The molecule has 3 fully saturated rings. The molecule has 3 rings (SSSR count). The third-order valence-corrected chi connectivity index (χ3v) is 15.1. The van der Waals surface area contributed by atoms with Gasteiger partial charge in [0.05, 0.1) is 0 Å². The predicted molar refractivity (Wildman–Crippen MR) is 107 cm³/mol. The average Bonchev–Trinajstić information content (AvgIpc) is 2.57. The number of nitrogens with zero attached hydrogens (tertiary/aromatic N) is 1. The standard InChI is InChI=1S/C21H42NP/c1-21(2,3)23(19-13-7-4-8-14-19,20-15-9-5-10-16-20)22-17-11-6-12-18-22/h19-20,23H,4-18H2,1-3H3. The third-order valence-electron chi connectivity index (χ3n) is 7.54. The quantitative estimate of drug-likeness (QED) is 0.523. The molecule has 0 N–H and O–H groups in total. The average molecular weight is 340 g/mol. The third kappa shape index (κ3) is 3.52. The summed E-state index contributed by atoms with van der Waals surface area (Å²) in [6, 6.07) is 0. The molecule has 23 heavy (non-hydrogen) atoms. The van der Waals surface area contributed by atoms with Crippen LogP contribution in [0.2, 0.25) is 0 Å². The summed E-state index contributed by atoms with van der Waals surface area (Å²) in [5.74, 6) is 0. The summed E-state index contributed by atoms with van der Waals surface area (Å²) in [5.41, 5.74) is 2.19. The van der Waals surface area contributed by atoms with E-state index in [4.69, 9.17) is 0 Å². The van der Waals surface area contributed by atoms with Crippen molar-refractivity contribution in [1.29, 1.82) is 0 Å². The van der Waals surface area contributed by atoms with Crippen LogP contribution in [0.15, 0.2) is 0 Å². The molecular weight excluding hydrogens is 297 g/mol. The molecule has 136 valence electrons. The molecular formula is C21H42NP. The van der Waals surface area contributed by atoms with Gasteiger partial charge in [0.25, 0.3) is 0 Å². The minimum atomic E-state index is -1.46. The molecule has 3 aliphatic rings. The van der Waals surface area contributed by atoms with Crippen molar-refractivity contribution < 1.29 is 0 Å². The van der Waals surface area contributed by atoms with E-state index in [9.17, 15) is 0 Å². The number of hydrogen-bond acceptors (Lipinski definition) is 1. The van der Waals surface area contributed by atoms with Crippen LogP contribution in [0.3, 0.4) is 0 Å². The van der Waals surface area contributed by atoms with E-state index >= 15 is 0 Å². The number of hydrogen-bond donors (Lipinski definition) is 0. The van der Waals surface area contributed by atoms with Gasteiger partial charge in [-0.3, -0.25) is 0 Å². The van der Waals surface area contributed by atoms with Crippen molar-refractivity contribution in [3.8, 4) is 0 Å². The second-order valence-corrected chi connectivity index (χ2v) is 15.2. The molecule has 1 nitrogen and oxygen atoms in total. The monoisotopic (exact) mass is 339 g/mol. The molecule has 0 atom stereocenters. The first-order valence-electron chi connectivity index (χ1n) is 10.8.